The molecule has 1 saturated carbocycles. The van der Waals surface area contributed by atoms with E-state index < -0.39 is 10.0 Å². The Balaban J connectivity index is 1.44. The summed E-state index contributed by atoms with van der Waals surface area (Å²) >= 11 is 0. The van der Waals surface area contributed by atoms with Crippen LogP contribution in [0.1, 0.15) is 43.2 Å². The van der Waals surface area contributed by atoms with Crippen molar-refractivity contribution < 1.29 is 8.42 Å². The second kappa shape index (κ2) is 8.78. The SMILES string of the molecule is CCN(c1ccc2ccccc2c1)C1CCC(c2ccc(CNS(C)(=O)=O)cc2)C1. The molecule has 0 bridgehead atoms. The fourth-order valence-electron chi connectivity index (χ4n) is 4.67. The Hall–Kier alpha value is -2.37. The van der Waals surface area contributed by atoms with E-state index in [1.807, 2.05) is 12.1 Å². The van der Waals surface area contributed by atoms with Crippen molar-refractivity contribution in [2.24, 2.45) is 0 Å². The van der Waals surface area contributed by atoms with Crippen LogP contribution in [0.15, 0.2) is 66.7 Å². The predicted octanol–water partition coefficient (Wildman–Crippen LogP) is 5.05. The van der Waals surface area contributed by atoms with Gasteiger partial charge in [0.25, 0.3) is 0 Å². The molecule has 0 radical (unpaired) electrons. The van der Waals surface area contributed by atoms with E-state index in [2.05, 4.69) is 71.1 Å². The number of benzene rings is 3. The van der Waals surface area contributed by atoms with E-state index in [1.54, 1.807) is 0 Å². The topological polar surface area (TPSA) is 49.4 Å². The van der Waals surface area contributed by atoms with Crippen LogP contribution in [0.4, 0.5) is 5.69 Å². The lowest BCUT2D eigenvalue weighted by Crippen LogP contribution is -2.33. The molecule has 4 nitrogen and oxygen atoms in total. The van der Waals surface area contributed by atoms with Crippen LogP contribution in [0.25, 0.3) is 10.8 Å². The summed E-state index contributed by atoms with van der Waals surface area (Å²) in [7, 11) is -3.16. The lowest BCUT2D eigenvalue weighted by molar-refractivity contribution is 0.587. The van der Waals surface area contributed by atoms with Gasteiger partial charge in [0.05, 0.1) is 6.26 Å². The Morgan fingerprint density at radius 1 is 0.967 bits per heavy atom. The van der Waals surface area contributed by atoms with E-state index in [0.717, 1.165) is 18.5 Å². The fraction of sp³-hybridized carbons (Fsp3) is 0.360. The molecule has 0 amide bonds. The first kappa shape index (κ1) is 20.9. The molecule has 0 aliphatic heterocycles. The van der Waals surface area contributed by atoms with Crippen molar-refractivity contribution in [3.8, 4) is 0 Å². The van der Waals surface area contributed by atoms with Crippen molar-refractivity contribution in [2.45, 2.75) is 44.7 Å². The molecule has 2 atom stereocenters. The van der Waals surface area contributed by atoms with E-state index >= 15 is 0 Å². The minimum Gasteiger partial charge on any atom is -0.369 e. The second-order valence-electron chi connectivity index (χ2n) is 8.32. The van der Waals surface area contributed by atoms with E-state index in [0.29, 0.717) is 18.5 Å². The van der Waals surface area contributed by atoms with Crippen LogP contribution in [-0.2, 0) is 16.6 Å². The minimum absolute atomic E-state index is 0.345. The summed E-state index contributed by atoms with van der Waals surface area (Å²) in [5.41, 5.74) is 3.66. The highest BCUT2D eigenvalue weighted by atomic mass is 32.2. The third-order valence-corrected chi connectivity index (χ3v) is 6.91. The lowest BCUT2D eigenvalue weighted by atomic mass is 9.96. The highest BCUT2D eigenvalue weighted by Crippen LogP contribution is 2.39. The maximum Gasteiger partial charge on any atom is 0.209 e. The molecule has 3 aromatic rings. The Morgan fingerprint density at radius 2 is 1.70 bits per heavy atom. The summed E-state index contributed by atoms with van der Waals surface area (Å²) in [6, 6.07) is 24.3. The Labute approximate surface area is 180 Å². The zero-order valence-corrected chi connectivity index (χ0v) is 18.5. The predicted molar refractivity (Wildman–Crippen MR) is 125 cm³/mol. The fourth-order valence-corrected chi connectivity index (χ4v) is 5.10. The van der Waals surface area contributed by atoms with E-state index in [-0.39, 0.29) is 0 Å². The number of anilines is 1. The third kappa shape index (κ3) is 4.85. The van der Waals surface area contributed by atoms with Gasteiger partial charge >= 0.3 is 0 Å². The highest BCUT2D eigenvalue weighted by molar-refractivity contribution is 7.88. The maximum absolute atomic E-state index is 11.3. The Kier molecular flexibility index (Phi) is 6.11. The molecule has 2 unspecified atom stereocenters. The third-order valence-electron chi connectivity index (χ3n) is 6.24. The maximum atomic E-state index is 11.3. The van der Waals surface area contributed by atoms with Crippen molar-refractivity contribution in [3.63, 3.8) is 0 Å². The number of hydrogen-bond acceptors (Lipinski definition) is 3. The van der Waals surface area contributed by atoms with Gasteiger partial charge in [-0.25, -0.2) is 13.1 Å². The smallest absolute Gasteiger partial charge is 0.209 e. The molecule has 1 aliphatic carbocycles. The first-order chi connectivity index (χ1) is 14.4. The van der Waals surface area contributed by atoms with Gasteiger partial charge in [-0.15, -0.1) is 0 Å². The molecule has 0 saturated heterocycles. The Morgan fingerprint density at radius 3 is 2.40 bits per heavy atom. The molecular formula is C25H30N2O2S. The molecule has 5 heteroatoms. The average molecular weight is 423 g/mol. The summed E-state index contributed by atoms with van der Waals surface area (Å²) in [6.07, 6.45) is 4.73. The minimum atomic E-state index is -3.16. The molecule has 3 aromatic carbocycles. The molecule has 30 heavy (non-hydrogen) atoms. The van der Waals surface area contributed by atoms with E-state index in [4.69, 9.17) is 0 Å². The van der Waals surface area contributed by atoms with Gasteiger partial charge < -0.3 is 4.90 Å². The number of fused-ring (bicyclic) bond motifs is 1. The number of sulfonamides is 1. The van der Waals surface area contributed by atoms with Crippen molar-refractivity contribution in [1.29, 1.82) is 0 Å². The first-order valence-electron chi connectivity index (χ1n) is 10.7. The summed E-state index contributed by atoms with van der Waals surface area (Å²) in [4.78, 5) is 2.55. The lowest BCUT2D eigenvalue weighted by Gasteiger charge is -2.30. The molecule has 0 heterocycles. The van der Waals surface area contributed by atoms with Crippen LogP contribution in [0.5, 0.6) is 0 Å². The number of nitrogens with one attached hydrogen (secondary N) is 1. The van der Waals surface area contributed by atoms with Gasteiger partial charge in [-0.2, -0.15) is 0 Å². The van der Waals surface area contributed by atoms with Gasteiger partial charge in [-0.3, -0.25) is 0 Å². The normalized spacial score (nSPS) is 19.3. The van der Waals surface area contributed by atoms with Crippen LogP contribution < -0.4 is 9.62 Å². The van der Waals surface area contributed by atoms with E-state index in [9.17, 15) is 8.42 Å². The second-order valence-corrected chi connectivity index (χ2v) is 10.1. The molecule has 0 aromatic heterocycles. The number of nitrogens with zero attached hydrogens (tertiary/aromatic N) is 1. The van der Waals surface area contributed by atoms with Crippen molar-refractivity contribution in [1.82, 2.24) is 4.72 Å². The monoisotopic (exact) mass is 422 g/mol. The summed E-state index contributed by atoms with van der Waals surface area (Å²) in [6.45, 7) is 3.59. The molecule has 1 fully saturated rings. The number of rotatable bonds is 7. The molecule has 1 N–H and O–H groups in total. The summed E-state index contributed by atoms with van der Waals surface area (Å²) in [5, 5.41) is 2.58. The number of hydrogen-bond donors (Lipinski definition) is 1. The molecule has 1 aliphatic rings. The zero-order valence-electron chi connectivity index (χ0n) is 17.7. The van der Waals surface area contributed by atoms with Crippen LogP contribution in [0.2, 0.25) is 0 Å². The van der Waals surface area contributed by atoms with Crippen LogP contribution in [0.3, 0.4) is 0 Å². The van der Waals surface area contributed by atoms with Crippen LogP contribution >= 0.6 is 0 Å². The summed E-state index contributed by atoms with van der Waals surface area (Å²) < 4.78 is 25.1. The molecule has 0 spiro atoms. The first-order valence-corrected chi connectivity index (χ1v) is 12.6. The van der Waals surface area contributed by atoms with Gasteiger partial charge in [0.1, 0.15) is 0 Å². The van der Waals surface area contributed by atoms with Gasteiger partial charge in [-0.1, -0.05) is 54.6 Å². The standard InChI is InChI=1S/C25H30N2O2S/c1-3-27(24-14-12-20-6-4-5-7-22(20)16-24)25-15-13-23(17-25)21-10-8-19(9-11-21)18-26-30(2,28)29/h4-12,14,16,23,25-26H,3,13,15,17-18H2,1-2H3. The van der Waals surface area contributed by atoms with Crippen molar-refractivity contribution in [2.75, 3.05) is 17.7 Å². The largest absolute Gasteiger partial charge is 0.369 e. The molecule has 158 valence electrons. The van der Waals surface area contributed by atoms with Gasteiger partial charge in [0.15, 0.2) is 0 Å². The quantitative estimate of drug-likeness (QED) is 0.579. The van der Waals surface area contributed by atoms with Crippen LogP contribution in [0, 0.1) is 0 Å². The van der Waals surface area contributed by atoms with Gasteiger partial charge in [0.2, 0.25) is 10.0 Å². The molecule has 4 rings (SSSR count). The van der Waals surface area contributed by atoms with Crippen LogP contribution in [-0.4, -0.2) is 27.3 Å². The Bertz CT molecular complexity index is 1110. The van der Waals surface area contributed by atoms with Gasteiger partial charge in [-0.05, 0) is 66.1 Å². The highest BCUT2D eigenvalue weighted by Gasteiger charge is 2.29. The van der Waals surface area contributed by atoms with Crippen molar-refractivity contribution >= 4 is 26.5 Å². The van der Waals surface area contributed by atoms with E-state index in [1.165, 1.54) is 41.1 Å². The summed E-state index contributed by atoms with van der Waals surface area (Å²) in [5.74, 6) is 0.557. The van der Waals surface area contributed by atoms with Crippen molar-refractivity contribution in [3.05, 3.63) is 77.9 Å². The average Bonchev–Trinajstić information content (AvgIpc) is 3.22. The zero-order chi connectivity index (χ0) is 21.1. The van der Waals surface area contributed by atoms with Gasteiger partial charge in [0, 0.05) is 24.8 Å². The molecular weight excluding hydrogens is 392 g/mol.